The van der Waals surface area contributed by atoms with Crippen molar-refractivity contribution in [2.45, 2.75) is 13.5 Å². The van der Waals surface area contributed by atoms with E-state index in [4.69, 9.17) is 21.7 Å². The summed E-state index contributed by atoms with van der Waals surface area (Å²) in [5.41, 5.74) is 2.42. The number of ether oxygens (including phenoxy) is 2. The van der Waals surface area contributed by atoms with Gasteiger partial charge < -0.3 is 14.4 Å². The van der Waals surface area contributed by atoms with Gasteiger partial charge in [-0.1, -0.05) is 42.5 Å². The van der Waals surface area contributed by atoms with E-state index in [2.05, 4.69) is 40.2 Å². The molecule has 0 aromatic heterocycles. The van der Waals surface area contributed by atoms with E-state index < -0.39 is 0 Å². The summed E-state index contributed by atoms with van der Waals surface area (Å²) in [6.45, 7) is 2.84. The average molecular weight is 511 g/mol. The molecule has 0 saturated carbocycles. The lowest BCUT2D eigenvalue weighted by molar-refractivity contribution is -0.122. The summed E-state index contributed by atoms with van der Waals surface area (Å²) < 4.78 is 12.5. The van der Waals surface area contributed by atoms with Crippen LogP contribution in [0.5, 0.6) is 11.5 Å². The topological polar surface area (TPSA) is 42.0 Å². The predicted molar refractivity (Wildman–Crippen MR) is 135 cm³/mol. The minimum atomic E-state index is -0.105. The Labute approximate surface area is 201 Å². The van der Waals surface area contributed by atoms with E-state index in [0.717, 1.165) is 21.0 Å². The molecule has 5 nitrogen and oxygen atoms in total. The highest BCUT2D eigenvalue weighted by molar-refractivity contribution is 9.10. The highest BCUT2D eigenvalue weighted by Gasteiger charge is 2.34. The van der Waals surface area contributed by atoms with Gasteiger partial charge in [-0.15, -0.1) is 0 Å². The van der Waals surface area contributed by atoms with Crippen molar-refractivity contribution in [3.63, 3.8) is 0 Å². The molecule has 32 heavy (non-hydrogen) atoms. The van der Waals surface area contributed by atoms with Crippen molar-refractivity contribution in [2.24, 2.45) is 0 Å². The van der Waals surface area contributed by atoms with E-state index in [1.165, 1.54) is 5.39 Å². The summed E-state index contributed by atoms with van der Waals surface area (Å²) >= 11 is 8.99. The number of hydrogen-bond acceptors (Lipinski definition) is 4. The van der Waals surface area contributed by atoms with Crippen LogP contribution in [0.2, 0.25) is 0 Å². The van der Waals surface area contributed by atoms with Gasteiger partial charge in [-0.3, -0.25) is 9.69 Å². The molecule has 3 aromatic carbocycles. The normalized spacial score (nSPS) is 15.2. The molecule has 3 aromatic rings. The first kappa shape index (κ1) is 22.3. The third-order valence-electron chi connectivity index (χ3n) is 5.47. The van der Waals surface area contributed by atoms with Crippen molar-refractivity contribution in [1.82, 2.24) is 9.80 Å². The fraction of sp³-hybridized carbons (Fsp3) is 0.200. The number of halogens is 1. The van der Waals surface area contributed by atoms with Crippen LogP contribution >= 0.6 is 28.1 Å². The van der Waals surface area contributed by atoms with Crippen molar-refractivity contribution in [1.29, 1.82) is 0 Å². The number of fused-ring (bicyclic) bond motifs is 1. The van der Waals surface area contributed by atoms with E-state index in [1.807, 2.05) is 43.3 Å². The van der Waals surface area contributed by atoms with Crippen molar-refractivity contribution in [3.05, 3.63) is 75.9 Å². The van der Waals surface area contributed by atoms with Crippen LogP contribution in [-0.2, 0) is 11.4 Å². The molecule has 4 rings (SSSR count). The summed E-state index contributed by atoms with van der Waals surface area (Å²) in [5.74, 6) is 1.08. The molecular formula is C25H23BrN2O3S. The van der Waals surface area contributed by atoms with Gasteiger partial charge in [0, 0.05) is 13.6 Å². The van der Waals surface area contributed by atoms with Crippen LogP contribution in [0.1, 0.15) is 18.1 Å². The zero-order chi connectivity index (χ0) is 22.8. The number of hydrogen-bond donors (Lipinski definition) is 0. The molecule has 0 atom stereocenters. The first-order valence-electron chi connectivity index (χ1n) is 10.2. The molecule has 0 bridgehead atoms. The van der Waals surface area contributed by atoms with Crippen molar-refractivity contribution < 1.29 is 14.3 Å². The van der Waals surface area contributed by atoms with Crippen molar-refractivity contribution >= 4 is 56.0 Å². The summed E-state index contributed by atoms with van der Waals surface area (Å²) in [4.78, 5) is 16.0. The maximum Gasteiger partial charge on any atom is 0.276 e. The number of methoxy groups -OCH3 is 1. The van der Waals surface area contributed by atoms with Crippen LogP contribution in [0.25, 0.3) is 16.8 Å². The molecule has 0 spiro atoms. The molecule has 1 saturated heterocycles. The van der Waals surface area contributed by atoms with Gasteiger partial charge in [0.05, 0.1) is 11.6 Å². The quantitative estimate of drug-likeness (QED) is 0.318. The number of amides is 1. The first-order chi connectivity index (χ1) is 15.4. The lowest BCUT2D eigenvalue weighted by atomic mass is 10.1. The highest BCUT2D eigenvalue weighted by Crippen LogP contribution is 2.38. The van der Waals surface area contributed by atoms with E-state index in [9.17, 15) is 4.79 Å². The standard InChI is InChI=1S/C25H23BrN2O3S/c1-4-28-24(29)21(27(2)25(28)32)13-16-12-20(26)23(22(14-16)30-3)31-15-18-10-7-9-17-8-5-6-11-19(17)18/h5-14H,4,15H2,1-3H3/b21-13-. The summed E-state index contributed by atoms with van der Waals surface area (Å²) in [5, 5.41) is 2.83. The molecule has 0 aliphatic carbocycles. The smallest absolute Gasteiger partial charge is 0.276 e. The zero-order valence-electron chi connectivity index (χ0n) is 18.1. The molecule has 0 radical (unpaired) electrons. The Morgan fingerprint density at radius 1 is 1.12 bits per heavy atom. The van der Waals surface area contributed by atoms with Gasteiger partial charge in [-0.05, 0) is 75.2 Å². The first-order valence-corrected chi connectivity index (χ1v) is 11.4. The van der Waals surface area contributed by atoms with Crippen LogP contribution < -0.4 is 9.47 Å². The molecular weight excluding hydrogens is 488 g/mol. The van der Waals surface area contributed by atoms with E-state index >= 15 is 0 Å². The third-order valence-corrected chi connectivity index (χ3v) is 6.55. The van der Waals surface area contributed by atoms with E-state index in [-0.39, 0.29) is 5.91 Å². The number of carbonyl (C=O) groups excluding carboxylic acids is 1. The monoisotopic (exact) mass is 510 g/mol. The summed E-state index contributed by atoms with van der Waals surface area (Å²) in [6.07, 6.45) is 1.81. The molecule has 164 valence electrons. The summed E-state index contributed by atoms with van der Waals surface area (Å²) in [7, 11) is 3.40. The maximum atomic E-state index is 12.7. The summed E-state index contributed by atoms with van der Waals surface area (Å²) in [6, 6.07) is 18.2. The Morgan fingerprint density at radius 3 is 2.59 bits per heavy atom. The minimum Gasteiger partial charge on any atom is -0.493 e. The van der Waals surface area contributed by atoms with Crippen LogP contribution in [-0.4, -0.2) is 41.5 Å². The molecule has 7 heteroatoms. The number of benzene rings is 3. The molecule has 1 amide bonds. The Kier molecular flexibility index (Phi) is 6.48. The fourth-order valence-corrected chi connectivity index (χ4v) is 4.66. The predicted octanol–water partition coefficient (Wildman–Crippen LogP) is 5.61. The average Bonchev–Trinajstić information content (AvgIpc) is 3.00. The molecule has 1 aliphatic heterocycles. The molecule has 0 unspecified atom stereocenters. The number of nitrogens with zero attached hydrogens (tertiary/aromatic N) is 2. The molecule has 1 heterocycles. The molecule has 0 N–H and O–H groups in total. The Hall–Kier alpha value is -2.90. The Morgan fingerprint density at radius 2 is 1.88 bits per heavy atom. The lowest BCUT2D eigenvalue weighted by Crippen LogP contribution is -2.30. The minimum absolute atomic E-state index is 0.105. The number of rotatable bonds is 6. The maximum absolute atomic E-state index is 12.7. The van der Waals surface area contributed by atoms with Gasteiger partial charge in [0.1, 0.15) is 12.3 Å². The highest BCUT2D eigenvalue weighted by atomic mass is 79.9. The van der Waals surface area contributed by atoms with Crippen molar-refractivity contribution in [3.8, 4) is 11.5 Å². The number of carbonyl (C=O) groups is 1. The Bertz CT molecular complexity index is 1240. The van der Waals surface area contributed by atoms with Crippen LogP contribution in [0, 0.1) is 0 Å². The van der Waals surface area contributed by atoms with E-state index in [1.54, 1.807) is 24.0 Å². The largest absolute Gasteiger partial charge is 0.493 e. The fourth-order valence-electron chi connectivity index (χ4n) is 3.78. The lowest BCUT2D eigenvalue weighted by Gasteiger charge is -2.15. The van der Waals surface area contributed by atoms with E-state index in [0.29, 0.717) is 35.5 Å². The third kappa shape index (κ3) is 4.10. The molecule has 1 aliphatic rings. The second-order valence-corrected chi connectivity index (χ2v) is 8.60. The molecule has 1 fully saturated rings. The van der Waals surface area contributed by atoms with Gasteiger partial charge >= 0.3 is 0 Å². The second-order valence-electron chi connectivity index (χ2n) is 7.38. The van der Waals surface area contributed by atoms with Crippen LogP contribution in [0.3, 0.4) is 0 Å². The van der Waals surface area contributed by atoms with Crippen LogP contribution in [0.15, 0.2) is 64.8 Å². The van der Waals surface area contributed by atoms with Gasteiger partial charge in [0.15, 0.2) is 16.6 Å². The number of likely N-dealkylation sites (N-methyl/N-ethyl adjacent to an activating group) is 2. The van der Waals surface area contributed by atoms with Gasteiger partial charge in [-0.25, -0.2) is 0 Å². The second kappa shape index (κ2) is 9.30. The SMILES string of the molecule is CCN1C(=O)/C(=C/c2cc(Br)c(OCc3cccc4ccccc34)c(OC)c2)N(C)C1=S. The van der Waals surface area contributed by atoms with Crippen LogP contribution in [0.4, 0.5) is 0 Å². The van der Waals surface area contributed by atoms with Gasteiger partial charge in [0.25, 0.3) is 5.91 Å². The zero-order valence-corrected chi connectivity index (χ0v) is 20.5. The van der Waals surface area contributed by atoms with Gasteiger partial charge in [0.2, 0.25) is 0 Å². The van der Waals surface area contributed by atoms with Crippen molar-refractivity contribution in [2.75, 3.05) is 20.7 Å². The Balaban J connectivity index is 1.63. The van der Waals surface area contributed by atoms with Gasteiger partial charge in [-0.2, -0.15) is 0 Å². The number of thiocarbonyl (C=S) groups is 1.